The summed E-state index contributed by atoms with van der Waals surface area (Å²) in [5.74, 6) is 0. The number of hydrogen-bond donors (Lipinski definition) is 0. The zero-order chi connectivity index (χ0) is 14.7. The second kappa shape index (κ2) is 6.98. The maximum absolute atomic E-state index is 6.28. The van der Waals surface area contributed by atoms with Crippen LogP contribution >= 0.6 is 39.1 Å². The van der Waals surface area contributed by atoms with Crippen molar-refractivity contribution in [2.45, 2.75) is 31.5 Å². The molecule has 0 spiro atoms. The molecule has 20 heavy (non-hydrogen) atoms. The van der Waals surface area contributed by atoms with Crippen LogP contribution in [0.15, 0.2) is 36.4 Å². The minimum atomic E-state index is 0.0601. The van der Waals surface area contributed by atoms with Gasteiger partial charge in [0, 0.05) is 10.0 Å². The highest BCUT2D eigenvalue weighted by Crippen LogP contribution is 2.37. The molecule has 1 unspecified atom stereocenters. The number of hydrogen-bond acceptors (Lipinski definition) is 0. The third-order valence-corrected chi connectivity index (χ3v) is 5.12. The van der Waals surface area contributed by atoms with Crippen molar-refractivity contribution in [3.8, 4) is 0 Å². The molecule has 0 aromatic heterocycles. The molecule has 1 atom stereocenters. The largest absolute Gasteiger partial charge is 0.0843 e. The molecule has 3 heteroatoms. The molecule has 0 N–H and O–H groups in total. The molecular formula is C17H17BrCl2. The molecule has 0 aliphatic rings. The summed E-state index contributed by atoms with van der Waals surface area (Å²) in [5, 5.41) is 1.43. The second-order valence-corrected chi connectivity index (χ2v) is 6.52. The fraction of sp³-hybridized carbons (Fsp3) is 0.294. The molecule has 0 radical (unpaired) electrons. The fourth-order valence-electron chi connectivity index (χ4n) is 2.37. The van der Waals surface area contributed by atoms with Crippen LogP contribution in [-0.2, 0) is 12.8 Å². The first-order valence-electron chi connectivity index (χ1n) is 6.77. The van der Waals surface area contributed by atoms with Gasteiger partial charge in [0.25, 0.3) is 0 Å². The van der Waals surface area contributed by atoms with Crippen molar-refractivity contribution in [1.29, 1.82) is 0 Å². The van der Waals surface area contributed by atoms with Gasteiger partial charge in [0.05, 0.1) is 4.83 Å². The van der Waals surface area contributed by atoms with Gasteiger partial charge in [0.1, 0.15) is 0 Å². The van der Waals surface area contributed by atoms with Gasteiger partial charge in [-0.2, -0.15) is 0 Å². The highest BCUT2D eigenvalue weighted by atomic mass is 79.9. The SMILES string of the molecule is CCc1ccc(C(Br)c2cc(Cl)ccc2Cl)cc1CC. The second-order valence-electron chi connectivity index (χ2n) is 4.76. The molecule has 2 rings (SSSR count). The van der Waals surface area contributed by atoms with Gasteiger partial charge in [-0.05, 0) is 53.3 Å². The third-order valence-electron chi connectivity index (χ3n) is 3.52. The van der Waals surface area contributed by atoms with Gasteiger partial charge >= 0.3 is 0 Å². The number of rotatable bonds is 4. The first kappa shape index (κ1) is 15.9. The van der Waals surface area contributed by atoms with Gasteiger partial charge in [0.2, 0.25) is 0 Å². The van der Waals surface area contributed by atoms with Crippen LogP contribution in [0.25, 0.3) is 0 Å². The first-order chi connectivity index (χ1) is 9.56. The monoisotopic (exact) mass is 370 g/mol. The van der Waals surface area contributed by atoms with E-state index in [4.69, 9.17) is 23.2 Å². The molecule has 106 valence electrons. The predicted octanol–water partition coefficient (Wildman–Crippen LogP) is 6.60. The summed E-state index contributed by atoms with van der Waals surface area (Å²) in [4.78, 5) is 0.0601. The van der Waals surface area contributed by atoms with E-state index >= 15 is 0 Å². The van der Waals surface area contributed by atoms with E-state index in [2.05, 4.69) is 48.0 Å². The summed E-state index contributed by atoms with van der Waals surface area (Å²) in [6.45, 7) is 4.38. The van der Waals surface area contributed by atoms with Crippen molar-refractivity contribution < 1.29 is 0 Å². The lowest BCUT2D eigenvalue weighted by Crippen LogP contribution is -1.98. The average molecular weight is 372 g/mol. The molecule has 2 aromatic carbocycles. The van der Waals surface area contributed by atoms with E-state index < -0.39 is 0 Å². The smallest absolute Gasteiger partial charge is 0.0659 e. The van der Waals surface area contributed by atoms with Crippen molar-refractivity contribution in [1.82, 2.24) is 0 Å². The molecule has 2 aromatic rings. The summed E-state index contributed by atoms with van der Waals surface area (Å²) < 4.78 is 0. The summed E-state index contributed by atoms with van der Waals surface area (Å²) in [7, 11) is 0. The number of aryl methyl sites for hydroxylation is 2. The minimum absolute atomic E-state index is 0.0601. The van der Waals surface area contributed by atoms with Gasteiger partial charge in [0.15, 0.2) is 0 Å². The standard InChI is InChI=1S/C17H17BrCl2/c1-3-11-5-6-13(9-12(11)4-2)17(18)15-10-14(19)7-8-16(15)20/h5-10,17H,3-4H2,1-2H3. The van der Waals surface area contributed by atoms with Gasteiger partial charge in [-0.25, -0.2) is 0 Å². The van der Waals surface area contributed by atoms with E-state index in [1.165, 1.54) is 16.7 Å². The quantitative estimate of drug-likeness (QED) is 0.531. The van der Waals surface area contributed by atoms with Crippen LogP contribution < -0.4 is 0 Å². The Morgan fingerprint density at radius 2 is 1.65 bits per heavy atom. The van der Waals surface area contributed by atoms with Crippen LogP contribution in [0.5, 0.6) is 0 Å². The number of alkyl halides is 1. The van der Waals surface area contributed by atoms with Crippen molar-refractivity contribution >= 4 is 39.1 Å². The van der Waals surface area contributed by atoms with E-state index in [1.54, 1.807) is 0 Å². The normalized spacial score (nSPS) is 12.4. The Balaban J connectivity index is 2.42. The zero-order valence-corrected chi connectivity index (χ0v) is 14.7. The molecule has 0 aliphatic carbocycles. The van der Waals surface area contributed by atoms with E-state index in [-0.39, 0.29) is 4.83 Å². The Kier molecular flexibility index (Phi) is 5.54. The van der Waals surface area contributed by atoms with Crippen molar-refractivity contribution in [2.75, 3.05) is 0 Å². The molecule has 0 saturated carbocycles. The molecule has 0 fully saturated rings. The average Bonchev–Trinajstić information content (AvgIpc) is 2.48. The Morgan fingerprint density at radius 3 is 2.30 bits per heavy atom. The van der Waals surface area contributed by atoms with Crippen LogP contribution in [-0.4, -0.2) is 0 Å². The van der Waals surface area contributed by atoms with Gasteiger partial charge in [-0.1, -0.05) is 71.2 Å². The molecular weight excluding hydrogens is 355 g/mol. The van der Waals surface area contributed by atoms with Crippen LogP contribution in [0.2, 0.25) is 10.0 Å². The lowest BCUT2D eigenvalue weighted by Gasteiger charge is -2.16. The zero-order valence-electron chi connectivity index (χ0n) is 11.6. The molecule has 0 bridgehead atoms. The highest BCUT2D eigenvalue weighted by Gasteiger charge is 2.15. The molecule has 0 nitrogen and oxygen atoms in total. The summed E-state index contributed by atoms with van der Waals surface area (Å²) >= 11 is 16.1. The minimum Gasteiger partial charge on any atom is -0.0843 e. The Labute approximate surface area is 139 Å². The highest BCUT2D eigenvalue weighted by molar-refractivity contribution is 9.09. The Bertz CT molecular complexity index is 608. The van der Waals surface area contributed by atoms with Gasteiger partial charge < -0.3 is 0 Å². The maximum atomic E-state index is 6.28. The molecule has 0 heterocycles. The van der Waals surface area contributed by atoms with Crippen LogP contribution in [0.4, 0.5) is 0 Å². The van der Waals surface area contributed by atoms with Gasteiger partial charge in [-0.3, -0.25) is 0 Å². The predicted molar refractivity (Wildman–Crippen MR) is 92.4 cm³/mol. The van der Waals surface area contributed by atoms with E-state index in [0.29, 0.717) is 5.02 Å². The van der Waals surface area contributed by atoms with Crippen LogP contribution in [0.3, 0.4) is 0 Å². The van der Waals surface area contributed by atoms with E-state index in [0.717, 1.165) is 23.4 Å². The first-order valence-corrected chi connectivity index (χ1v) is 8.44. The molecule has 0 aliphatic heterocycles. The van der Waals surface area contributed by atoms with Crippen LogP contribution in [0, 0.1) is 0 Å². The third kappa shape index (κ3) is 3.39. The van der Waals surface area contributed by atoms with Gasteiger partial charge in [-0.15, -0.1) is 0 Å². The molecule has 0 saturated heterocycles. The van der Waals surface area contributed by atoms with Crippen molar-refractivity contribution in [2.24, 2.45) is 0 Å². The summed E-state index contributed by atoms with van der Waals surface area (Å²) in [6.07, 6.45) is 2.11. The number of halogens is 3. The van der Waals surface area contributed by atoms with E-state index in [1.807, 2.05) is 18.2 Å². The Morgan fingerprint density at radius 1 is 0.950 bits per heavy atom. The summed E-state index contributed by atoms with van der Waals surface area (Å²) in [6, 6.07) is 12.2. The van der Waals surface area contributed by atoms with Crippen molar-refractivity contribution in [3.05, 3.63) is 68.7 Å². The van der Waals surface area contributed by atoms with Crippen molar-refractivity contribution in [3.63, 3.8) is 0 Å². The lowest BCUT2D eigenvalue weighted by atomic mass is 9.96. The Hall–Kier alpha value is -0.500. The maximum Gasteiger partial charge on any atom is 0.0659 e. The van der Waals surface area contributed by atoms with Crippen LogP contribution in [0.1, 0.15) is 40.9 Å². The summed E-state index contributed by atoms with van der Waals surface area (Å²) in [5.41, 5.74) is 5.02. The fourth-order valence-corrected chi connectivity index (χ4v) is 3.57. The van der Waals surface area contributed by atoms with E-state index in [9.17, 15) is 0 Å². The molecule has 0 amide bonds. The lowest BCUT2D eigenvalue weighted by molar-refractivity contribution is 1.02. The topological polar surface area (TPSA) is 0 Å². The number of benzene rings is 2.